The van der Waals surface area contributed by atoms with Crippen LogP contribution in [0, 0.1) is 0 Å². The zero-order chi connectivity index (χ0) is 17.8. The summed E-state index contributed by atoms with van der Waals surface area (Å²) in [6, 6.07) is 8.36. The first kappa shape index (κ1) is 17.0. The van der Waals surface area contributed by atoms with E-state index in [0.717, 1.165) is 12.1 Å². The summed E-state index contributed by atoms with van der Waals surface area (Å²) >= 11 is 5.70. The molecule has 7 nitrogen and oxygen atoms in total. The second-order valence-electron chi connectivity index (χ2n) is 5.55. The molecule has 0 bridgehead atoms. The Morgan fingerprint density at radius 3 is 2.64 bits per heavy atom. The summed E-state index contributed by atoms with van der Waals surface area (Å²) in [6.45, 7) is 0.297. The number of halogens is 1. The average Bonchev–Trinajstić information content (AvgIpc) is 3.22. The van der Waals surface area contributed by atoms with E-state index in [1.54, 1.807) is 29.2 Å². The first-order chi connectivity index (χ1) is 12.0. The predicted molar refractivity (Wildman–Crippen MR) is 92.7 cm³/mol. The number of aromatic amines is 1. The average molecular weight is 362 g/mol. The number of esters is 1. The van der Waals surface area contributed by atoms with E-state index in [1.165, 1.54) is 12.3 Å². The summed E-state index contributed by atoms with van der Waals surface area (Å²) in [7, 11) is 0. The molecule has 2 N–H and O–H groups in total. The Labute approximate surface area is 148 Å². The number of H-pyrrole nitrogens is 1. The third-order valence-corrected chi connectivity index (χ3v) is 3.96. The van der Waals surface area contributed by atoms with Gasteiger partial charge in [0.15, 0.2) is 6.61 Å². The van der Waals surface area contributed by atoms with Crippen molar-refractivity contribution in [3.05, 3.63) is 47.2 Å². The van der Waals surface area contributed by atoms with E-state index < -0.39 is 18.5 Å². The van der Waals surface area contributed by atoms with Gasteiger partial charge in [0.05, 0.1) is 5.02 Å². The van der Waals surface area contributed by atoms with Crippen molar-refractivity contribution in [3.8, 4) is 0 Å². The molecular weight excluding hydrogens is 346 g/mol. The lowest BCUT2D eigenvalue weighted by Gasteiger charge is -2.16. The lowest BCUT2D eigenvalue weighted by molar-refractivity contribution is -0.119. The first-order valence-corrected chi connectivity index (χ1v) is 8.12. The number of benzene rings is 1. The fraction of sp³-hybridized carbons (Fsp3) is 0.235. The molecule has 2 amide bonds. The van der Waals surface area contributed by atoms with Crippen LogP contribution in [0.3, 0.4) is 0 Å². The highest BCUT2D eigenvalue weighted by Crippen LogP contribution is 2.23. The van der Waals surface area contributed by atoms with E-state index in [0.29, 0.717) is 23.7 Å². The molecule has 2 aromatic rings. The van der Waals surface area contributed by atoms with Gasteiger partial charge >= 0.3 is 5.97 Å². The largest absolute Gasteiger partial charge is 0.451 e. The van der Waals surface area contributed by atoms with Gasteiger partial charge in [-0.2, -0.15) is 0 Å². The summed E-state index contributed by atoms with van der Waals surface area (Å²) in [5.41, 5.74) is 1.53. The van der Waals surface area contributed by atoms with Crippen LogP contribution in [0.2, 0.25) is 5.02 Å². The van der Waals surface area contributed by atoms with E-state index in [4.69, 9.17) is 16.3 Å². The predicted octanol–water partition coefficient (Wildman–Crippen LogP) is 2.59. The summed E-state index contributed by atoms with van der Waals surface area (Å²) < 4.78 is 4.90. The molecule has 1 fully saturated rings. The molecule has 8 heteroatoms. The number of nitrogens with zero attached hydrogens (tertiary/aromatic N) is 1. The van der Waals surface area contributed by atoms with E-state index in [9.17, 15) is 14.4 Å². The summed E-state index contributed by atoms with van der Waals surface area (Å²) in [5.74, 6) is -1.02. The van der Waals surface area contributed by atoms with E-state index in [2.05, 4.69) is 10.3 Å². The summed E-state index contributed by atoms with van der Waals surface area (Å²) in [5, 5.41) is 3.01. The van der Waals surface area contributed by atoms with E-state index >= 15 is 0 Å². The molecule has 0 atom stereocenters. The van der Waals surface area contributed by atoms with Gasteiger partial charge in [0.1, 0.15) is 5.69 Å². The number of nitrogens with one attached hydrogen (secondary N) is 2. The Kier molecular flexibility index (Phi) is 5.04. The molecule has 1 aromatic carbocycles. The standard InChI is InChI=1S/C17H16ClN3O4/c18-11-8-14(19-9-11)17(24)25-10-15(22)20-12-3-5-13(6-4-12)21-7-1-2-16(21)23/h3-6,8-9,19H,1-2,7,10H2,(H,20,22). The quantitative estimate of drug-likeness (QED) is 0.801. The Morgan fingerprint density at radius 1 is 1.28 bits per heavy atom. The van der Waals surface area contributed by atoms with Crippen LogP contribution in [-0.4, -0.2) is 35.9 Å². The fourth-order valence-electron chi connectivity index (χ4n) is 2.54. The van der Waals surface area contributed by atoms with Crippen molar-refractivity contribution in [1.82, 2.24) is 4.98 Å². The molecular formula is C17H16ClN3O4. The van der Waals surface area contributed by atoms with Gasteiger partial charge in [-0.15, -0.1) is 0 Å². The highest BCUT2D eigenvalue weighted by molar-refractivity contribution is 6.30. The van der Waals surface area contributed by atoms with E-state index in [-0.39, 0.29) is 11.6 Å². The van der Waals surface area contributed by atoms with Crippen LogP contribution < -0.4 is 10.2 Å². The number of carbonyl (C=O) groups is 3. The smallest absolute Gasteiger partial charge is 0.355 e. The number of rotatable bonds is 5. The van der Waals surface area contributed by atoms with Gasteiger partial charge in [-0.3, -0.25) is 9.59 Å². The number of carbonyl (C=O) groups excluding carboxylic acids is 3. The van der Waals surface area contributed by atoms with Crippen LogP contribution in [0.15, 0.2) is 36.5 Å². The minimum Gasteiger partial charge on any atom is -0.451 e. The minimum atomic E-state index is -0.662. The third-order valence-electron chi connectivity index (χ3n) is 3.74. The second kappa shape index (κ2) is 7.40. The molecule has 0 aliphatic carbocycles. The lowest BCUT2D eigenvalue weighted by Crippen LogP contribution is -2.23. The van der Waals surface area contributed by atoms with Gasteiger partial charge in [0, 0.05) is 30.5 Å². The highest BCUT2D eigenvalue weighted by Gasteiger charge is 2.21. The maximum atomic E-state index is 11.9. The Bertz CT molecular complexity index is 800. The number of amides is 2. The maximum Gasteiger partial charge on any atom is 0.355 e. The van der Waals surface area contributed by atoms with Crippen molar-refractivity contribution in [2.45, 2.75) is 12.8 Å². The van der Waals surface area contributed by atoms with Gasteiger partial charge in [-0.25, -0.2) is 4.79 Å². The molecule has 0 saturated carbocycles. The van der Waals surface area contributed by atoms with Crippen LogP contribution in [0.25, 0.3) is 0 Å². The molecule has 0 unspecified atom stereocenters. The normalized spacial score (nSPS) is 13.8. The SMILES string of the molecule is O=C(COC(=O)c1cc(Cl)c[nH]1)Nc1ccc(N2CCCC2=O)cc1. The number of hydrogen-bond acceptors (Lipinski definition) is 4. The number of ether oxygens (including phenoxy) is 1. The van der Waals surface area contributed by atoms with Crippen LogP contribution in [-0.2, 0) is 14.3 Å². The molecule has 1 aliphatic heterocycles. The Balaban J connectivity index is 1.51. The topological polar surface area (TPSA) is 91.5 Å². The maximum absolute atomic E-state index is 11.9. The van der Waals surface area contributed by atoms with Crippen molar-refractivity contribution in [2.24, 2.45) is 0 Å². The molecule has 0 radical (unpaired) electrons. The molecule has 3 rings (SSSR count). The first-order valence-electron chi connectivity index (χ1n) is 7.74. The minimum absolute atomic E-state index is 0.105. The molecule has 1 aliphatic rings. The monoisotopic (exact) mass is 361 g/mol. The van der Waals surface area contributed by atoms with Crippen molar-refractivity contribution in [1.29, 1.82) is 0 Å². The van der Waals surface area contributed by atoms with Crippen LogP contribution in [0.4, 0.5) is 11.4 Å². The Hall–Kier alpha value is -2.80. The second-order valence-corrected chi connectivity index (χ2v) is 5.99. The number of anilines is 2. The van der Waals surface area contributed by atoms with Crippen LogP contribution in [0.5, 0.6) is 0 Å². The fourth-order valence-corrected chi connectivity index (χ4v) is 2.70. The highest BCUT2D eigenvalue weighted by atomic mass is 35.5. The van der Waals surface area contributed by atoms with Gasteiger partial charge < -0.3 is 19.9 Å². The van der Waals surface area contributed by atoms with Gasteiger partial charge in [-0.05, 0) is 36.8 Å². The molecule has 1 aromatic heterocycles. The van der Waals surface area contributed by atoms with Gasteiger partial charge in [-0.1, -0.05) is 11.6 Å². The third kappa shape index (κ3) is 4.19. The number of aromatic nitrogens is 1. The molecule has 25 heavy (non-hydrogen) atoms. The molecule has 0 spiro atoms. The van der Waals surface area contributed by atoms with E-state index in [1.807, 2.05) is 0 Å². The molecule has 130 valence electrons. The van der Waals surface area contributed by atoms with Crippen LogP contribution in [0.1, 0.15) is 23.3 Å². The van der Waals surface area contributed by atoms with Gasteiger partial charge in [0.2, 0.25) is 5.91 Å². The zero-order valence-electron chi connectivity index (χ0n) is 13.3. The lowest BCUT2D eigenvalue weighted by atomic mass is 10.2. The summed E-state index contributed by atoms with van der Waals surface area (Å²) in [4.78, 5) is 39.6. The molecule has 1 saturated heterocycles. The van der Waals surface area contributed by atoms with Crippen molar-refractivity contribution < 1.29 is 19.1 Å². The Morgan fingerprint density at radius 2 is 2.04 bits per heavy atom. The van der Waals surface area contributed by atoms with Crippen molar-refractivity contribution in [3.63, 3.8) is 0 Å². The zero-order valence-corrected chi connectivity index (χ0v) is 14.0. The molecule has 2 heterocycles. The van der Waals surface area contributed by atoms with Crippen molar-refractivity contribution >= 4 is 40.8 Å². The van der Waals surface area contributed by atoms with Crippen LogP contribution >= 0.6 is 11.6 Å². The van der Waals surface area contributed by atoms with Gasteiger partial charge in [0.25, 0.3) is 5.91 Å². The summed E-state index contributed by atoms with van der Waals surface area (Å²) in [6.07, 6.45) is 2.87. The van der Waals surface area contributed by atoms with Crippen molar-refractivity contribution in [2.75, 3.05) is 23.4 Å². The number of hydrogen-bond donors (Lipinski definition) is 2.